The summed E-state index contributed by atoms with van der Waals surface area (Å²) in [7, 11) is 0. The fourth-order valence-electron chi connectivity index (χ4n) is 1.89. The third-order valence-corrected chi connectivity index (χ3v) is 4.78. The van der Waals surface area contributed by atoms with Gasteiger partial charge in [-0.2, -0.15) is 0 Å². The predicted octanol–water partition coefficient (Wildman–Crippen LogP) is 2.04. The summed E-state index contributed by atoms with van der Waals surface area (Å²) in [6, 6.07) is 1.78. The SMILES string of the molecule is O=C(O)CSc1nc2sccc2c(=O)n1CC1CC1. The Bertz CT molecular complexity index is 688. The molecule has 2 aromatic heterocycles. The Morgan fingerprint density at radius 2 is 2.37 bits per heavy atom. The first-order chi connectivity index (χ1) is 9.15. The number of carbonyl (C=O) groups is 1. The summed E-state index contributed by atoms with van der Waals surface area (Å²) in [6.45, 7) is 0.652. The van der Waals surface area contributed by atoms with Crippen molar-refractivity contribution in [3.05, 3.63) is 21.8 Å². The first kappa shape index (κ1) is 12.7. The molecule has 0 atom stereocenters. The normalized spacial score (nSPS) is 14.9. The Morgan fingerprint density at radius 3 is 3.05 bits per heavy atom. The fourth-order valence-corrected chi connectivity index (χ4v) is 3.42. The van der Waals surface area contributed by atoms with Gasteiger partial charge in [0.25, 0.3) is 5.56 Å². The average molecular weight is 296 g/mol. The Kier molecular flexibility index (Phi) is 3.32. The molecular formula is C12H12N2O3S2. The standard InChI is InChI=1S/C12H12N2O3S2/c15-9(16)6-19-12-13-10-8(3-4-18-10)11(17)14(12)5-7-1-2-7/h3-4,7H,1-2,5-6H2,(H,15,16). The molecule has 0 aliphatic heterocycles. The van der Waals surface area contributed by atoms with Crippen molar-refractivity contribution >= 4 is 39.3 Å². The number of aromatic nitrogens is 2. The van der Waals surface area contributed by atoms with Crippen LogP contribution in [0, 0.1) is 5.92 Å². The van der Waals surface area contributed by atoms with E-state index in [1.807, 2.05) is 5.38 Å². The lowest BCUT2D eigenvalue weighted by atomic mass is 10.4. The quantitative estimate of drug-likeness (QED) is 0.675. The Balaban J connectivity index is 2.04. The van der Waals surface area contributed by atoms with Gasteiger partial charge in [0.05, 0.1) is 11.1 Å². The van der Waals surface area contributed by atoms with Crippen LogP contribution in [0.2, 0.25) is 0 Å². The van der Waals surface area contributed by atoms with E-state index >= 15 is 0 Å². The van der Waals surface area contributed by atoms with Gasteiger partial charge in [0, 0.05) is 6.54 Å². The number of rotatable bonds is 5. The van der Waals surface area contributed by atoms with Gasteiger partial charge >= 0.3 is 5.97 Å². The molecule has 7 heteroatoms. The zero-order valence-corrected chi connectivity index (χ0v) is 11.7. The summed E-state index contributed by atoms with van der Waals surface area (Å²) >= 11 is 2.52. The van der Waals surface area contributed by atoms with Crippen LogP contribution in [0.5, 0.6) is 0 Å². The largest absolute Gasteiger partial charge is 0.481 e. The molecule has 1 aliphatic carbocycles. The number of hydrogen-bond donors (Lipinski definition) is 1. The molecule has 19 heavy (non-hydrogen) atoms. The van der Waals surface area contributed by atoms with E-state index in [9.17, 15) is 9.59 Å². The zero-order chi connectivity index (χ0) is 13.4. The summed E-state index contributed by atoms with van der Waals surface area (Å²) in [4.78, 5) is 28.2. The molecule has 0 spiro atoms. The minimum absolute atomic E-state index is 0.0500. The maximum Gasteiger partial charge on any atom is 0.313 e. The number of nitrogens with zero attached hydrogens (tertiary/aromatic N) is 2. The lowest BCUT2D eigenvalue weighted by molar-refractivity contribution is -0.133. The van der Waals surface area contributed by atoms with E-state index in [-0.39, 0.29) is 11.3 Å². The van der Waals surface area contributed by atoms with Crippen LogP contribution >= 0.6 is 23.1 Å². The molecule has 0 bridgehead atoms. The van der Waals surface area contributed by atoms with E-state index < -0.39 is 5.97 Å². The van der Waals surface area contributed by atoms with Crippen molar-refractivity contribution in [1.29, 1.82) is 0 Å². The lowest BCUT2D eigenvalue weighted by Crippen LogP contribution is -2.24. The van der Waals surface area contributed by atoms with E-state index in [1.54, 1.807) is 10.6 Å². The van der Waals surface area contributed by atoms with Crippen LogP contribution in [0.15, 0.2) is 21.4 Å². The number of thiophene rings is 1. The van der Waals surface area contributed by atoms with Crippen LogP contribution in [0.25, 0.3) is 10.2 Å². The number of hydrogen-bond acceptors (Lipinski definition) is 5. The van der Waals surface area contributed by atoms with Crippen LogP contribution in [0.3, 0.4) is 0 Å². The molecule has 3 rings (SSSR count). The zero-order valence-electron chi connectivity index (χ0n) is 10.0. The van der Waals surface area contributed by atoms with Crippen molar-refractivity contribution in [2.24, 2.45) is 5.92 Å². The van der Waals surface area contributed by atoms with Crippen LogP contribution in [0.1, 0.15) is 12.8 Å². The van der Waals surface area contributed by atoms with Crippen molar-refractivity contribution in [2.45, 2.75) is 24.5 Å². The molecule has 0 amide bonds. The van der Waals surface area contributed by atoms with E-state index in [0.717, 1.165) is 24.6 Å². The van der Waals surface area contributed by atoms with Crippen LogP contribution in [0.4, 0.5) is 0 Å². The van der Waals surface area contributed by atoms with E-state index in [2.05, 4.69) is 4.98 Å². The topological polar surface area (TPSA) is 72.2 Å². The Morgan fingerprint density at radius 1 is 1.58 bits per heavy atom. The summed E-state index contributed by atoms with van der Waals surface area (Å²) in [6.07, 6.45) is 2.27. The summed E-state index contributed by atoms with van der Waals surface area (Å²) < 4.78 is 1.64. The van der Waals surface area contributed by atoms with Crippen molar-refractivity contribution in [3.8, 4) is 0 Å². The van der Waals surface area contributed by atoms with Crippen molar-refractivity contribution in [3.63, 3.8) is 0 Å². The second kappa shape index (κ2) is 4.97. The van der Waals surface area contributed by atoms with Crippen molar-refractivity contribution in [2.75, 3.05) is 5.75 Å². The first-order valence-electron chi connectivity index (χ1n) is 5.98. The molecule has 0 radical (unpaired) electrons. The number of carboxylic acid groups (broad SMARTS) is 1. The average Bonchev–Trinajstić information content (AvgIpc) is 3.06. The van der Waals surface area contributed by atoms with Gasteiger partial charge in [-0.3, -0.25) is 14.2 Å². The summed E-state index contributed by atoms with van der Waals surface area (Å²) in [5, 5.41) is 11.8. The van der Waals surface area contributed by atoms with E-state index in [4.69, 9.17) is 5.11 Å². The summed E-state index contributed by atoms with van der Waals surface area (Å²) in [5.74, 6) is -0.433. The number of carboxylic acids is 1. The second-order valence-electron chi connectivity index (χ2n) is 4.58. The second-order valence-corrected chi connectivity index (χ2v) is 6.41. The molecule has 0 aromatic carbocycles. The third kappa shape index (κ3) is 2.66. The molecule has 2 aromatic rings. The van der Waals surface area contributed by atoms with Gasteiger partial charge in [-0.1, -0.05) is 11.8 Å². The van der Waals surface area contributed by atoms with Gasteiger partial charge < -0.3 is 5.11 Å². The lowest BCUT2D eigenvalue weighted by Gasteiger charge is -2.10. The van der Waals surface area contributed by atoms with E-state index in [1.165, 1.54) is 11.3 Å². The van der Waals surface area contributed by atoms with Crippen molar-refractivity contribution < 1.29 is 9.90 Å². The predicted molar refractivity (Wildman–Crippen MR) is 75.0 cm³/mol. The van der Waals surface area contributed by atoms with Gasteiger partial charge in [-0.25, -0.2) is 4.98 Å². The monoisotopic (exact) mass is 296 g/mol. The van der Waals surface area contributed by atoms with Crippen LogP contribution in [-0.2, 0) is 11.3 Å². The highest BCUT2D eigenvalue weighted by Crippen LogP contribution is 2.32. The molecule has 1 saturated carbocycles. The van der Waals surface area contributed by atoms with Crippen LogP contribution < -0.4 is 5.56 Å². The maximum atomic E-state index is 12.4. The molecule has 5 nitrogen and oxygen atoms in total. The minimum atomic E-state index is -0.900. The molecule has 1 aliphatic rings. The van der Waals surface area contributed by atoms with Gasteiger partial charge in [0.2, 0.25) is 0 Å². The molecular weight excluding hydrogens is 284 g/mol. The third-order valence-electron chi connectivity index (χ3n) is 3.01. The van der Waals surface area contributed by atoms with Crippen molar-refractivity contribution in [1.82, 2.24) is 9.55 Å². The Hall–Kier alpha value is -1.34. The van der Waals surface area contributed by atoms with Gasteiger partial charge in [0.1, 0.15) is 4.83 Å². The minimum Gasteiger partial charge on any atom is -0.481 e. The van der Waals surface area contributed by atoms with Crippen LogP contribution in [-0.4, -0.2) is 26.4 Å². The molecule has 0 unspecified atom stereocenters. The number of fused-ring (bicyclic) bond motifs is 1. The molecule has 2 heterocycles. The maximum absolute atomic E-state index is 12.4. The number of thioether (sulfide) groups is 1. The molecule has 1 fully saturated rings. The van der Waals surface area contributed by atoms with Gasteiger partial charge in [-0.05, 0) is 30.2 Å². The highest BCUT2D eigenvalue weighted by molar-refractivity contribution is 7.99. The number of aliphatic carboxylic acids is 1. The summed E-state index contributed by atoms with van der Waals surface area (Å²) in [5.41, 5.74) is -0.0500. The molecule has 0 saturated heterocycles. The van der Waals surface area contributed by atoms with E-state index in [0.29, 0.717) is 27.8 Å². The molecule has 1 N–H and O–H groups in total. The highest BCUT2D eigenvalue weighted by atomic mass is 32.2. The first-order valence-corrected chi connectivity index (χ1v) is 7.84. The van der Waals surface area contributed by atoms with Gasteiger partial charge in [-0.15, -0.1) is 11.3 Å². The fraction of sp³-hybridized carbons (Fsp3) is 0.417. The van der Waals surface area contributed by atoms with Gasteiger partial charge in [0.15, 0.2) is 5.16 Å². The highest BCUT2D eigenvalue weighted by Gasteiger charge is 2.24. The smallest absolute Gasteiger partial charge is 0.313 e. The Labute approximate surface area is 117 Å². The molecule has 100 valence electrons.